The average Bonchev–Trinajstić information content (AvgIpc) is 3.18. The molecule has 0 bridgehead atoms. The summed E-state index contributed by atoms with van der Waals surface area (Å²) in [6.07, 6.45) is 1.49. The predicted octanol–water partition coefficient (Wildman–Crippen LogP) is 1.01. The normalized spacial score (nSPS) is 10.7. The third kappa shape index (κ3) is 3.86. The Bertz CT molecular complexity index is 1070. The first-order valence-electron chi connectivity index (χ1n) is 8.21. The Labute approximate surface area is 153 Å². The number of rotatable bonds is 7. The second-order valence-electron chi connectivity index (χ2n) is 5.75. The van der Waals surface area contributed by atoms with Crippen molar-refractivity contribution in [2.45, 2.75) is 19.5 Å². The summed E-state index contributed by atoms with van der Waals surface area (Å²) in [6, 6.07) is 6.48. The number of fused-ring (bicyclic) bond motifs is 1. The molecule has 0 aliphatic rings. The quantitative estimate of drug-likeness (QED) is 0.639. The molecule has 0 aliphatic carbocycles. The molecule has 9 nitrogen and oxygen atoms in total. The molecule has 2 aromatic heterocycles. The fourth-order valence-electron chi connectivity index (χ4n) is 2.68. The average molecular weight is 373 g/mol. The zero-order valence-electron chi connectivity index (χ0n) is 14.9. The number of benzene rings is 1. The number of aromatic nitrogens is 2. The fourth-order valence-corrected chi connectivity index (χ4v) is 2.68. The first kappa shape index (κ1) is 18.3. The van der Waals surface area contributed by atoms with Gasteiger partial charge in [-0.2, -0.15) is 0 Å². The molecule has 0 saturated carbocycles. The van der Waals surface area contributed by atoms with E-state index in [2.05, 4.69) is 10.3 Å². The van der Waals surface area contributed by atoms with Crippen LogP contribution in [0.3, 0.4) is 0 Å². The van der Waals surface area contributed by atoms with Crippen molar-refractivity contribution in [3.63, 3.8) is 0 Å². The Morgan fingerprint density at radius 3 is 2.63 bits per heavy atom. The smallest absolute Gasteiger partial charge is 0.328 e. The molecule has 2 N–H and O–H groups in total. The molecule has 0 atom stereocenters. The summed E-state index contributed by atoms with van der Waals surface area (Å²) >= 11 is 0. The van der Waals surface area contributed by atoms with E-state index >= 15 is 0 Å². The first-order valence-corrected chi connectivity index (χ1v) is 8.21. The van der Waals surface area contributed by atoms with Crippen molar-refractivity contribution in [1.82, 2.24) is 14.9 Å². The molecule has 27 heavy (non-hydrogen) atoms. The van der Waals surface area contributed by atoms with Crippen LogP contribution < -0.4 is 26.0 Å². The molecule has 1 aromatic carbocycles. The van der Waals surface area contributed by atoms with Gasteiger partial charge in [-0.25, -0.2) is 4.79 Å². The third-order valence-electron chi connectivity index (χ3n) is 4.09. The Kier molecular flexibility index (Phi) is 5.30. The van der Waals surface area contributed by atoms with Crippen LogP contribution in [0.2, 0.25) is 0 Å². The number of ether oxygens (including phenoxy) is 2. The molecule has 0 saturated heterocycles. The number of carbonyl (C=O) groups excluding carboxylic acids is 1. The minimum atomic E-state index is -0.599. The fraction of sp³-hybridized carbons (Fsp3) is 0.278. The molecular formula is C18H19N3O6. The van der Waals surface area contributed by atoms with E-state index in [0.29, 0.717) is 22.8 Å². The van der Waals surface area contributed by atoms with Gasteiger partial charge in [0.25, 0.3) is 5.56 Å². The number of amides is 1. The molecule has 0 aliphatic heterocycles. The maximum absolute atomic E-state index is 12.7. The van der Waals surface area contributed by atoms with Gasteiger partial charge < -0.3 is 24.2 Å². The van der Waals surface area contributed by atoms with E-state index in [1.54, 1.807) is 12.1 Å². The highest BCUT2D eigenvalue weighted by atomic mass is 16.5. The Morgan fingerprint density at radius 2 is 1.96 bits per heavy atom. The number of carbonyl (C=O) groups is 1. The van der Waals surface area contributed by atoms with E-state index in [1.807, 2.05) is 0 Å². The lowest BCUT2D eigenvalue weighted by atomic mass is 10.2. The summed E-state index contributed by atoms with van der Waals surface area (Å²) in [5, 5.41) is 2.93. The van der Waals surface area contributed by atoms with Gasteiger partial charge in [-0.1, -0.05) is 0 Å². The van der Waals surface area contributed by atoms with Gasteiger partial charge in [0.15, 0.2) is 11.5 Å². The van der Waals surface area contributed by atoms with Crippen molar-refractivity contribution >= 4 is 16.8 Å². The lowest BCUT2D eigenvalue weighted by Gasteiger charge is -2.10. The van der Waals surface area contributed by atoms with Crippen molar-refractivity contribution in [1.29, 1.82) is 0 Å². The highest BCUT2D eigenvalue weighted by Gasteiger charge is 2.13. The summed E-state index contributed by atoms with van der Waals surface area (Å²) in [5.74, 6) is 1.09. The molecule has 2 heterocycles. The monoisotopic (exact) mass is 373 g/mol. The summed E-state index contributed by atoms with van der Waals surface area (Å²) in [6.45, 7) is 0.189. The van der Waals surface area contributed by atoms with Crippen molar-refractivity contribution in [2.75, 3.05) is 14.2 Å². The van der Waals surface area contributed by atoms with Crippen LogP contribution in [0.1, 0.15) is 12.2 Å². The molecule has 3 rings (SSSR count). The van der Waals surface area contributed by atoms with Gasteiger partial charge in [0.2, 0.25) is 5.91 Å². The first-order chi connectivity index (χ1) is 13.0. The van der Waals surface area contributed by atoms with Crippen LogP contribution in [0.5, 0.6) is 11.5 Å². The summed E-state index contributed by atoms with van der Waals surface area (Å²) in [4.78, 5) is 39.5. The van der Waals surface area contributed by atoms with E-state index in [0.717, 1.165) is 4.57 Å². The van der Waals surface area contributed by atoms with Crippen molar-refractivity contribution < 1.29 is 18.7 Å². The largest absolute Gasteiger partial charge is 0.493 e. The van der Waals surface area contributed by atoms with Crippen LogP contribution in [0.4, 0.5) is 0 Å². The maximum Gasteiger partial charge on any atom is 0.328 e. The lowest BCUT2D eigenvalue weighted by Crippen LogP contribution is -2.36. The van der Waals surface area contributed by atoms with Crippen molar-refractivity contribution in [3.05, 3.63) is 57.1 Å². The van der Waals surface area contributed by atoms with E-state index in [1.165, 1.54) is 32.6 Å². The third-order valence-corrected chi connectivity index (χ3v) is 4.09. The number of hydrogen-bond donors (Lipinski definition) is 2. The zero-order chi connectivity index (χ0) is 19.4. The van der Waals surface area contributed by atoms with Gasteiger partial charge in [0, 0.05) is 19.0 Å². The van der Waals surface area contributed by atoms with E-state index in [-0.39, 0.29) is 30.8 Å². The van der Waals surface area contributed by atoms with Crippen LogP contribution >= 0.6 is 0 Å². The number of H-pyrrole nitrogens is 1. The summed E-state index contributed by atoms with van der Waals surface area (Å²) in [5.41, 5.74) is -0.770. The van der Waals surface area contributed by atoms with Gasteiger partial charge in [-0.15, -0.1) is 0 Å². The molecule has 9 heteroatoms. The van der Waals surface area contributed by atoms with E-state index < -0.39 is 11.2 Å². The number of nitrogens with one attached hydrogen (secondary N) is 2. The summed E-state index contributed by atoms with van der Waals surface area (Å²) in [7, 11) is 2.92. The number of nitrogens with zero attached hydrogens (tertiary/aromatic N) is 1. The van der Waals surface area contributed by atoms with Gasteiger partial charge >= 0.3 is 5.69 Å². The van der Waals surface area contributed by atoms with E-state index in [4.69, 9.17) is 13.9 Å². The topological polar surface area (TPSA) is 116 Å². The van der Waals surface area contributed by atoms with Crippen LogP contribution in [-0.4, -0.2) is 29.7 Å². The molecule has 142 valence electrons. The van der Waals surface area contributed by atoms with Gasteiger partial charge in [0.05, 0.1) is 37.9 Å². The number of methoxy groups -OCH3 is 2. The number of furan rings is 1. The van der Waals surface area contributed by atoms with Gasteiger partial charge in [-0.3, -0.25) is 14.2 Å². The maximum atomic E-state index is 12.7. The molecule has 0 radical (unpaired) electrons. The second kappa shape index (κ2) is 7.81. The molecule has 0 fully saturated rings. The second-order valence-corrected chi connectivity index (χ2v) is 5.75. The molecular weight excluding hydrogens is 354 g/mol. The molecule has 0 unspecified atom stereocenters. The van der Waals surface area contributed by atoms with Crippen molar-refractivity contribution in [3.8, 4) is 11.5 Å². The highest BCUT2D eigenvalue weighted by Crippen LogP contribution is 2.29. The predicted molar refractivity (Wildman–Crippen MR) is 97.1 cm³/mol. The Balaban J connectivity index is 1.80. The minimum Gasteiger partial charge on any atom is -0.493 e. The standard InChI is InChI=1S/C18H19N3O6/c1-25-14-8-12-13(9-15(14)26-2)20-18(24)21(17(12)23)6-5-16(22)19-10-11-4-3-7-27-11/h3-4,7-9H,5-6,10H2,1-2H3,(H,19,22)(H,20,24). The number of aromatic amines is 1. The minimum absolute atomic E-state index is 0.0253. The zero-order valence-corrected chi connectivity index (χ0v) is 14.9. The van der Waals surface area contributed by atoms with E-state index in [9.17, 15) is 14.4 Å². The van der Waals surface area contributed by atoms with Crippen molar-refractivity contribution in [2.24, 2.45) is 0 Å². The van der Waals surface area contributed by atoms with Gasteiger partial charge in [-0.05, 0) is 18.2 Å². The highest BCUT2D eigenvalue weighted by molar-refractivity contribution is 5.81. The van der Waals surface area contributed by atoms with Gasteiger partial charge in [0.1, 0.15) is 5.76 Å². The SMILES string of the molecule is COc1cc2[nH]c(=O)n(CCC(=O)NCc3ccco3)c(=O)c2cc1OC. The molecule has 0 spiro atoms. The Morgan fingerprint density at radius 1 is 1.22 bits per heavy atom. The van der Waals surface area contributed by atoms with Crippen LogP contribution in [-0.2, 0) is 17.9 Å². The number of hydrogen-bond acceptors (Lipinski definition) is 6. The van der Waals surface area contributed by atoms with Crippen LogP contribution in [0.25, 0.3) is 10.9 Å². The summed E-state index contributed by atoms with van der Waals surface area (Å²) < 4.78 is 16.5. The Hall–Kier alpha value is -3.49. The lowest BCUT2D eigenvalue weighted by molar-refractivity contribution is -0.121. The van der Waals surface area contributed by atoms with Crippen LogP contribution in [0, 0.1) is 0 Å². The molecule has 1 amide bonds. The molecule has 3 aromatic rings. The van der Waals surface area contributed by atoms with Crippen LogP contribution in [0.15, 0.2) is 44.5 Å².